The zero-order valence-electron chi connectivity index (χ0n) is 15.8. The van der Waals surface area contributed by atoms with Gasteiger partial charge in [0.05, 0.1) is 18.9 Å². The molecule has 0 aliphatic carbocycles. The molecule has 3 rings (SSSR count). The molecule has 1 atom stereocenters. The summed E-state index contributed by atoms with van der Waals surface area (Å²) in [5, 5.41) is 1.20. The van der Waals surface area contributed by atoms with Gasteiger partial charge in [-0.15, -0.1) is 11.3 Å². The van der Waals surface area contributed by atoms with Gasteiger partial charge in [0.2, 0.25) is 0 Å². The number of benzene rings is 2. The Morgan fingerprint density at radius 2 is 1.78 bits per heavy atom. The first kappa shape index (κ1) is 20.8. The van der Waals surface area contributed by atoms with E-state index in [0.29, 0.717) is 19.6 Å². The van der Waals surface area contributed by atoms with Crippen molar-refractivity contribution in [3.8, 4) is 0 Å². The molecule has 0 saturated heterocycles. The quantitative estimate of drug-likeness (QED) is 0.322. The molecule has 0 N–H and O–H groups in total. The molecule has 0 radical (unpaired) electrons. The van der Waals surface area contributed by atoms with Gasteiger partial charge in [-0.2, -0.15) is 0 Å². The molecule has 0 saturated carbocycles. The molecule has 0 aliphatic rings. The van der Waals surface area contributed by atoms with Crippen LogP contribution in [-0.2, 0) is 20.0 Å². The molecule has 3 aromatic rings. The van der Waals surface area contributed by atoms with Gasteiger partial charge in [0.15, 0.2) is 0 Å². The molecule has 0 bridgehead atoms. The van der Waals surface area contributed by atoms with Gasteiger partial charge in [-0.1, -0.05) is 46.3 Å². The molecular formula is C21H24BrO3PS. The molecule has 1 heterocycles. The third kappa shape index (κ3) is 4.55. The average molecular weight is 467 g/mol. The Kier molecular flexibility index (Phi) is 6.93. The molecule has 3 nitrogen and oxygen atoms in total. The van der Waals surface area contributed by atoms with Crippen molar-refractivity contribution in [2.75, 3.05) is 13.2 Å². The van der Waals surface area contributed by atoms with E-state index >= 15 is 0 Å². The lowest BCUT2D eigenvalue weighted by molar-refractivity contribution is 0.212. The standard InChI is InChI=1S/C21H24BrO3PS/c1-4-24-26(23,25-5-2)19(14-16-9-8-10-17(22)13-16)21-15(3)18-11-6-7-12-20(18)27-21/h6-13,19H,4-5,14H2,1-3H3. The number of rotatable bonds is 8. The van der Waals surface area contributed by atoms with E-state index in [2.05, 4.69) is 47.1 Å². The third-order valence-electron chi connectivity index (χ3n) is 4.50. The van der Waals surface area contributed by atoms with Crippen LogP contribution in [0.25, 0.3) is 10.1 Å². The van der Waals surface area contributed by atoms with Crippen LogP contribution in [0.15, 0.2) is 53.0 Å². The lowest BCUT2D eigenvalue weighted by Crippen LogP contribution is -2.09. The number of hydrogen-bond donors (Lipinski definition) is 0. The Labute approximate surface area is 173 Å². The van der Waals surface area contributed by atoms with E-state index in [-0.39, 0.29) is 5.66 Å². The third-order valence-corrected chi connectivity index (χ3v) is 9.00. The van der Waals surface area contributed by atoms with Crippen molar-refractivity contribution < 1.29 is 13.6 Å². The summed E-state index contributed by atoms with van der Waals surface area (Å²) in [6.45, 7) is 6.54. The molecule has 0 spiro atoms. The number of halogens is 1. The van der Waals surface area contributed by atoms with Crippen molar-refractivity contribution in [1.29, 1.82) is 0 Å². The summed E-state index contributed by atoms with van der Waals surface area (Å²) in [5.41, 5.74) is 1.94. The Hall–Kier alpha value is -0.970. The SMILES string of the molecule is CCOP(=O)(OCC)C(Cc1cccc(Br)c1)c1sc2ccccc2c1C. The van der Waals surface area contributed by atoms with E-state index in [0.717, 1.165) is 20.5 Å². The highest BCUT2D eigenvalue weighted by atomic mass is 79.9. The first-order chi connectivity index (χ1) is 13.0. The summed E-state index contributed by atoms with van der Waals surface area (Å²) in [6, 6.07) is 16.4. The predicted octanol–water partition coefficient (Wildman–Crippen LogP) is 7.52. The van der Waals surface area contributed by atoms with Crippen LogP contribution >= 0.6 is 34.9 Å². The molecule has 144 valence electrons. The van der Waals surface area contributed by atoms with E-state index in [4.69, 9.17) is 9.05 Å². The first-order valence-corrected chi connectivity index (χ1v) is 12.3. The molecule has 1 unspecified atom stereocenters. The smallest absolute Gasteiger partial charge is 0.308 e. The van der Waals surface area contributed by atoms with Crippen molar-refractivity contribution in [3.05, 3.63) is 69.0 Å². The highest BCUT2D eigenvalue weighted by Gasteiger charge is 2.39. The van der Waals surface area contributed by atoms with E-state index in [9.17, 15) is 4.57 Å². The second-order valence-corrected chi connectivity index (χ2v) is 10.5. The van der Waals surface area contributed by atoms with Crippen LogP contribution in [0.1, 0.15) is 35.5 Å². The van der Waals surface area contributed by atoms with Crippen LogP contribution in [0.2, 0.25) is 0 Å². The number of fused-ring (bicyclic) bond motifs is 1. The zero-order chi connectivity index (χ0) is 19.4. The van der Waals surface area contributed by atoms with Gasteiger partial charge in [-0.3, -0.25) is 4.57 Å². The molecule has 27 heavy (non-hydrogen) atoms. The zero-order valence-corrected chi connectivity index (χ0v) is 19.1. The van der Waals surface area contributed by atoms with E-state index < -0.39 is 7.60 Å². The van der Waals surface area contributed by atoms with E-state index in [1.807, 2.05) is 38.1 Å². The first-order valence-electron chi connectivity index (χ1n) is 9.09. The molecule has 0 fully saturated rings. The van der Waals surface area contributed by atoms with Crippen LogP contribution in [0, 0.1) is 6.92 Å². The number of hydrogen-bond acceptors (Lipinski definition) is 4. The lowest BCUT2D eigenvalue weighted by atomic mass is 10.1. The summed E-state index contributed by atoms with van der Waals surface area (Å²) < 4.78 is 27.5. The number of thiophene rings is 1. The average Bonchev–Trinajstić information content (AvgIpc) is 2.97. The minimum Gasteiger partial charge on any atom is -0.308 e. The highest BCUT2D eigenvalue weighted by Crippen LogP contribution is 2.64. The highest BCUT2D eigenvalue weighted by molar-refractivity contribution is 9.10. The fraction of sp³-hybridized carbons (Fsp3) is 0.333. The lowest BCUT2D eigenvalue weighted by Gasteiger charge is -2.26. The van der Waals surface area contributed by atoms with Crippen molar-refractivity contribution in [2.45, 2.75) is 32.9 Å². The second kappa shape index (κ2) is 9.02. The van der Waals surface area contributed by atoms with Gasteiger partial charge in [-0.25, -0.2) is 0 Å². The summed E-state index contributed by atoms with van der Waals surface area (Å²) in [6.07, 6.45) is 0.602. The van der Waals surface area contributed by atoms with Gasteiger partial charge in [0, 0.05) is 14.0 Å². The van der Waals surface area contributed by atoms with Crippen LogP contribution < -0.4 is 0 Å². The van der Waals surface area contributed by atoms with Crippen molar-refractivity contribution in [2.24, 2.45) is 0 Å². The Balaban J connectivity index is 2.13. The maximum absolute atomic E-state index is 13.8. The molecule has 2 aromatic carbocycles. The normalized spacial score (nSPS) is 13.2. The minimum absolute atomic E-state index is 0.330. The minimum atomic E-state index is -3.32. The summed E-state index contributed by atoms with van der Waals surface area (Å²) in [5.74, 6) is 0. The summed E-state index contributed by atoms with van der Waals surface area (Å²) in [4.78, 5) is 1.08. The topological polar surface area (TPSA) is 35.5 Å². The summed E-state index contributed by atoms with van der Waals surface area (Å²) in [7, 11) is -3.32. The van der Waals surface area contributed by atoms with Gasteiger partial charge < -0.3 is 9.05 Å². The van der Waals surface area contributed by atoms with Crippen molar-refractivity contribution >= 4 is 44.9 Å². The van der Waals surface area contributed by atoms with Crippen LogP contribution in [0.4, 0.5) is 0 Å². The van der Waals surface area contributed by atoms with Gasteiger partial charge in [0.1, 0.15) is 0 Å². The second-order valence-electron chi connectivity index (χ2n) is 6.31. The van der Waals surface area contributed by atoms with E-state index in [1.165, 1.54) is 10.1 Å². The fourth-order valence-corrected chi connectivity index (χ4v) is 7.58. The Bertz CT molecular complexity index is 959. The fourth-order valence-electron chi connectivity index (χ4n) is 3.32. The van der Waals surface area contributed by atoms with Gasteiger partial charge in [-0.05, 0) is 61.9 Å². The van der Waals surface area contributed by atoms with Crippen LogP contribution in [0.5, 0.6) is 0 Å². The molecule has 0 amide bonds. The predicted molar refractivity (Wildman–Crippen MR) is 118 cm³/mol. The Morgan fingerprint density at radius 1 is 1.07 bits per heavy atom. The summed E-state index contributed by atoms with van der Waals surface area (Å²) >= 11 is 5.22. The van der Waals surface area contributed by atoms with Crippen LogP contribution in [0.3, 0.4) is 0 Å². The van der Waals surface area contributed by atoms with E-state index in [1.54, 1.807) is 11.3 Å². The van der Waals surface area contributed by atoms with Crippen molar-refractivity contribution in [1.82, 2.24) is 0 Å². The van der Waals surface area contributed by atoms with Crippen LogP contribution in [-0.4, -0.2) is 13.2 Å². The van der Waals surface area contributed by atoms with Gasteiger partial charge in [0.25, 0.3) is 0 Å². The largest absolute Gasteiger partial charge is 0.339 e. The van der Waals surface area contributed by atoms with Gasteiger partial charge >= 0.3 is 7.60 Å². The molecule has 0 aliphatic heterocycles. The molecule has 6 heteroatoms. The molecular weight excluding hydrogens is 443 g/mol. The molecule has 1 aromatic heterocycles. The maximum Gasteiger partial charge on any atom is 0.339 e. The monoisotopic (exact) mass is 466 g/mol. The van der Waals surface area contributed by atoms with Crippen molar-refractivity contribution in [3.63, 3.8) is 0 Å². The maximum atomic E-state index is 13.8. The number of aryl methyl sites for hydroxylation is 1. The Morgan fingerprint density at radius 3 is 2.41 bits per heavy atom.